The van der Waals surface area contributed by atoms with E-state index in [1.165, 1.54) is 19.1 Å². The van der Waals surface area contributed by atoms with Gasteiger partial charge in [-0.3, -0.25) is 4.79 Å². The van der Waals surface area contributed by atoms with Crippen LogP contribution >= 0.6 is 0 Å². The highest BCUT2D eigenvalue weighted by atomic mass is 32.2. The van der Waals surface area contributed by atoms with Crippen LogP contribution in [-0.4, -0.2) is 20.9 Å². The third-order valence-corrected chi connectivity index (χ3v) is 2.80. The van der Waals surface area contributed by atoms with Crippen LogP contribution in [0.5, 0.6) is 5.75 Å². The summed E-state index contributed by atoms with van der Waals surface area (Å²) in [5.41, 5.74) is 0.352. The second-order valence-corrected chi connectivity index (χ2v) is 4.85. The van der Waals surface area contributed by atoms with Gasteiger partial charge < -0.3 is 10.1 Å². The molecule has 0 radical (unpaired) electrons. The van der Waals surface area contributed by atoms with Gasteiger partial charge in [0, 0.05) is 12.6 Å². The lowest BCUT2D eigenvalue weighted by Crippen LogP contribution is -2.15. The van der Waals surface area contributed by atoms with Gasteiger partial charge in [0.05, 0.1) is 6.61 Å². The zero-order chi connectivity index (χ0) is 13.1. The first-order valence-corrected chi connectivity index (χ1v) is 6.46. The monoisotopic (exact) mass is 258 g/mol. The molecule has 0 saturated heterocycles. The Morgan fingerprint density at radius 1 is 1.47 bits per heavy atom. The number of benzene rings is 1. The molecule has 0 aliphatic heterocycles. The molecule has 0 aliphatic rings. The van der Waals surface area contributed by atoms with E-state index in [1.807, 2.05) is 0 Å². The fourth-order valence-electron chi connectivity index (χ4n) is 1.29. The number of nitrogens with one attached hydrogen (secondary N) is 1. The van der Waals surface area contributed by atoms with Crippen LogP contribution in [0, 0.1) is 0 Å². The van der Waals surface area contributed by atoms with Crippen molar-refractivity contribution in [2.75, 3.05) is 11.9 Å². The maximum Gasteiger partial charge on any atom is 0.241 e. The van der Waals surface area contributed by atoms with Crippen molar-refractivity contribution in [2.24, 2.45) is 5.14 Å². The quantitative estimate of drug-likeness (QED) is 0.830. The summed E-state index contributed by atoms with van der Waals surface area (Å²) in [6, 6.07) is 4.26. The molecule has 0 fully saturated rings. The number of primary sulfonamides is 1. The summed E-state index contributed by atoms with van der Waals surface area (Å²) < 4.78 is 27.9. The molecule has 0 unspecified atom stereocenters. The number of rotatable bonds is 4. The van der Waals surface area contributed by atoms with Crippen molar-refractivity contribution in [2.45, 2.75) is 18.7 Å². The smallest absolute Gasteiger partial charge is 0.241 e. The van der Waals surface area contributed by atoms with E-state index in [9.17, 15) is 13.2 Å². The zero-order valence-electron chi connectivity index (χ0n) is 9.56. The number of carbonyl (C=O) groups excluding carboxylic acids is 1. The van der Waals surface area contributed by atoms with Gasteiger partial charge in [0.1, 0.15) is 10.6 Å². The van der Waals surface area contributed by atoms with E-state index in [0.717, 1.165) is 0 Å². The van der Waals surface area contributed by atoms with Gasteiger partial charge in [0.2, 0.25) is 15.9 Å². The van der Waals surface area contributed by atoms with Crippen molar-refractivity contribution < 1.29 is 17.9 Å². The Bertz CT molecular complexity index is 525. The molecule has 7 heteroatoms. The van der Waals surface area contributed by atoms with Crippen molar-refractivity contribution >= 4 is 21.6 Å². The molecule has 0 spiro atoms. The van der Waals surface area contributed by atoms with Crippen LogP contribution in [0.25, 0.3) is 0 Å². The van der Waals surface area contributed by atoms with Crippen LogP contribution in [0.4, 0.5) is 5.69 Å². The number of nitrogens with two attached hydrogens (primary N) is 1. The van der Waals surface area contributed by atoms with E-state index < -0.39 is 10.0 Å². The molecule has 94 valence electrons. The van der Waals surface area contributed by atoms with Crippen LogP contribution in [0.2, 0.25) is 0 Å². The number of anilines is 1. The van der Waals surface area contributed by atoms with E-state index in [4.69, 9.17) is 9.88 Å². The van der Waals surface area contributed by atoms with E-state index in [1.54, 1.807) is 13.0 Å². The van der Waals surface area contributed by atoms with Gasteiger partial charge in [-0.15, -0.1) is 0 Å². The molecular formula is C10H14N2O4S. The van der Waals surface area contributed by atoms with Crippen molar-refractivity contribution in [3.63, 3.8) is 0 Å². The number of ether oxygens (including phenoxy) is 1. The first-order valence-electron chi connectivity index (χ1n) is 4.92. The van der Waals surface area contributed by atoms with Crippen LogP contribution in [0.1, 0.15) is 13.8 Å². The molecule has 0 aromatic heterocycles. The molecule has 0 atom stereocenters. The maximum atomic E-state index is 11.4. The van der Waals surface area contributed by atoms with E-state index in [-0.39, 0.29) is 16.6 Å². The molecule has 6 nitrogen and oxygen atoms in total. The molecule has 0 saturated carbocycles. The third kappa shape index (κ3) is 3.72. The summed E-state index contributed by atoms with van der Waals surface area (Å²) in [4.78, 5) is 10.7. The fourth-order valence-corrected chi connectivity index (χ4v) is 1.98. The van der Waals surface area contributed by atoms with Crippen molar-refractivity contribution in [3.8, 4) is 5.75 Å². The second kappa shape index (κ2) is 5.15. The van der Waals surface area contributed by atoms with Gasteiger partial charge in [-0.05, 0) is 25.1 Å². The lowest BCUT2D eigenvalue weighted by Gasteiger charge is -2.10. The maximum absolute atomic E-state index is 11.4. The van der Waals surface area contributed by atoms with Crippen molar-refractivity contribution in [3.05, 3.63) is 18.2 Å². The second-order valence-electron chi connectivity index (χ2n) is 3.32. The minimum absolute atomic E-state index is 0.148. The Kier molecular flexibility index (Phi) is 4.08. The Hall–Kier alpha value is -1.60. The standard InChI is InChI=1S/C10H14N2O4S/c1-3-16-9-5-4-8(12-7(2)13)6-10(9)17(11,14)15/h4-6H,3H2,1-2H3,(H,12,13)(H2,11,14,15). The summed E-state index contributed by atoms with van der Waals surface area (Å²) in [5, 5.41) is 7.54. The topological polar surface area (TPSA) is 98.5 Å². The molecule has 0 heterocycles. The zero-order valence-corrected chi connectivity index (χ0v) is 10.4. The minimum Gasteiger partial charge on any atom is -0.492 e. The van der Waals surface area contributed by atoms with Gasteiger partial charge in [-0.2, -0.15) is 0 Å². The molecule has 3 N–H and O–H groups in total. The number of carbonyl (C=O) groups is 1. The van der Waals surface area contributed by atoms with Crippen molar-refractivity contribution in [1.82, 2.24) is 0 Å². The molecule has 0 aliphatic carbocycles. The highest BCUT2D eigenvalue weighted by Crippen LogP contribution is 2.26. The van der Waals surface area contributed by atoms with E-state index in [0.29, 0.717) is 12.3 Å². The number of amides is 1. The summed E-state index contributed by atoms with van der Waals surface area (Å²) in [7, 11) is -3.89. The largest absolute Gasteiger partial charge is 0.492 e. The first kappa shape index (κ1) is 13.5. The predicted molar refractivity (Wildman–Crippen MR) is 63.3 cm³/mol. The normalized spacial score (nSPS) is 11.0. The summed E-state index contributed by atoms with van der Waals surface area (Å²) >= 11 is 0. The van der Waals surface area contributed by atoms with Crippen LogP contribution in [0.3, 0.4) is 0 Å². The summed E-state index contributed by atoms with van der Waals surface area (Å²) in [6.45, 7) is 3.38. The first-order chi connectivity index (χ1) is 7.84. The Balaban J connectivity index is 3.24. The van der Waals surface area contributed by atoms with Gasteiger partial charge in [0.25, 0.3) is 0 Å². The fraction of sp³-hybridized carbons (Fsp3) is 0.300. The summed E-state index contributed by atoms with van der Waals surface area (Å²) in [6.07, 6.45) is 0. The molecule has 0 bridgehead atoms. The molecule has 1 aromatic rings. The van der Waals surface area contributed by atoms with Crippen LogP contribution in [0.15, 0.2) is 23.1 Å². The molecule has 17 heavy (non-hydrogen) atoms. The lowest BCUT2D eigenvalue weighted by atomic mass is 10.3. The van der Waals surface area contributed by atoms with E-state index in [2.05, 4.69) is 5.32 Å². The predicted octanol–water partition coefficient (Wildman–Crippen LogP) is 0.691. The van der Waals surface area contributed by atoms with E-state index >= 15 is 0 Å². The molecule has 1 amide bonds. The Morgan fingerprint density at radius 2 is 2.12 bits per heavy atom. The van der Waals surface area contributed by atoms with Crippen LogP contribution in [-0.2, 0) is 14.8 Å². The average molecular weight is 258 g/mol. The van der Waals surface area contributed by atoms with Gasteiger partial charge in [-0.1, -0.05) is 0 Å². The number of sulfonamides is 1. The number of hydrogen-bond donors (Lipinski definition) is 2. The lowest BCUT2D eigenvalue weighted by molar-refractivity contribution is -0.114. The van der Waals surface area contributed by atoms with Gasteiger partial charge in [0.15, 0.2) is 0 Å². The Morgan fingerprint density at radius 3 is 2.59 bits per heavy atom. The highest BCUT2D eigenvalue weighted by Gasteiger charge is 2.16. The summed E-state index contributed by atoms with van der Waals surface area (Å²) in [5.74, 6) is -0.126. The van der Waals surface area contributed by atoms with Gasteiger partial charge >= 0.3 is 0 Å². The molecular weight excluding hydrogens is 244 g/mol. The SMILES string of the molecule is CCOc1ccc(NC(C)=O)cc1S(N)(=O)=O. The molecule has 1 aromatic carbocycles. The van der Waals surface area contributed by atoms with Crippen molar-refractivity contribution in [1.29, 1.82) is 0 Å². The highest BCUT2D eigenvalue weighted by molar-refractivity contribution is 7.89. The third-order valence-electron chi connectivity index (χ3n) is 1.87. The Labute approximate surface area is 99.8 Å². The van der Waals surface area contributed by atoms with Crippen LogP contribution < -0.4 is 15.2 Å². The minimum atomic E-state index is -3.89. The van der Waals surface area contributed by atoms with Gasteiger partial charge in [-0.25, -0.2) is 13.6 Å². The average Bonchev–Trinajstić information content (AvgIpc) is 2.18. The molecule has 1 rings (SSSR count). The number of hydrogen-bond acceptors (Lipinski definition) is 4.